The molecule has 0 aromatic heterocycles. The molecule has 1 heterocycles. The summed E-state index contributed by atoms with van der Waals surface area (Å²) >= 11 is 0. The third-order valence-electron chi connectivity index (χ3n) is 2.84. The molecule has 4 heteroatoms. The van der Waals surface area contributed by atoms with E-state index in [1.807, 2.05) is 14.0 Å². The fraction of sp³-hybridized carbons (Fsp3) is 0.900. The lowest BCUT2D eigenvalue weighted by molar-refractivity contribution is -0.135. The molecule has 14 heavy (non-hydrogen) atoms. The van der Waals surface area contributed by atoms with Gasteiger partial charge in [0, 0.05) is 26.3 Å². The van der Waals surface area contributed by atoms with Crippen LogP contribution >= 0.6 is 0 Å². The van der Waals surface area contributed by atoms with Crippen LogP contribution < -0.4 is 5.73 Å². The lowest BCUT2D eigenvalue weighted by Gasteiger charge is -2.32. The number of amides is 1. The third-order valence-corrected chi connectivity index (χ3v) is 2.84. The molecule has 0 spiro atoms. The van der Waals surface area contributed by atoms with Crippen LogP contribution in [0.5, 0.6) is 0 Å². The largest absolute Gasteiger partial charge is 0.381 e. The second-order valence-electron chi connectivity index (χ2n) is 3.81. The first-order chi connectivity index (χ1) is 6.66. The Kier molecular flexibility index (Phi) is 4.35. The Labute approximate surface area is 85.4 Å². The van der Waals surface area contributed by atoms with Crippen molar-refractivity contribution >= 4 is 5.91 Å². The Morgan fingerprint density at radius 1 is 1.57 bits per heavy atom. The van der Waals surface area contributed by atoms with Gasteiger partial charge in [-0.15, -0.1) is 0 Å². The van der Waals surface area contributed by atoms with Crippen LogP contribution in [0.4, 0.5) is 0 Å². The Balaban J connectivity index is 2.45. The summed E-state index contributed by atoms with van der Waals surface area (Å²) in [6.45, 7) is 3.44. The third kappa shape index (κ3) is 2.69. The molecule has 1 rings (SSSR count). The minimum atomic E-state index is -0.345. The van der Waals surface area contributed by atoms with Crippen LogP contribution in [0.3, 0.4) is 0 Å². The fourth-order valence-corrected chi connectivity index (χ4v) is 1.69. The molecule has 0 aromatic rings. The van der Waals surface area contributed by atoms with Crippen molar-refractivity contribution in [1.29, 1.82) is 0 Å². The van der Waals surface area contributed by atoms with E-state index in [4.69, 9.17) is 10.5 Å². The van der Waals surface area contributed by atoms with Gasteiger partial charge in [0.2, 0.25) is 5.91 Å². The van der Waals surface area contributed by atoms with Crippen molar-refractivity contribution in [2.45, 2.75) is 38.3 Å². The summed E-state index contributed by atoms with van der Waals surface area (Å²) < 4.78 is 5.25. The van der Waals surface area contributed by atoms with Crippen LogP contribution in [0.2, 0.25) is 0 Å². The summed E-state index contributed by atoms with van der Waals surface area (Å²) in [7, 11) is 1.84. The highest BCUT2D eigenvalue weighted by molar-refractivity contribution is 5.81. The van der Waals surface area contributed by atoms with Crippen molar-refractivity contribution in [3.8, 4) is 0 Å². The number of hydrogen-bond donors (Lipinski definition) is 1. The molecule has 0 radical (unpaired) electrons. The molecule has 82 valence electrons. The molecule has 2 N–H and O–H groups in total. The van der Waals surface area contributed by atoms with Crippen LogP contribution in [0.1, 0.15) is 26.2 Å². The van der Waals surface area contributed by atoms with Gasteiger partial charge in [-0.25, -0.2) is 0 Å². The second kappa shape index (κ2) is 5.32. The molecular weight excluding hydrogens is 180 g/mol. The molecule has 1 atom stereocenters. The SMILES string of the molecule is CCC(N)C(=O)N(C)C1CCOCC1. The monoisotopic (exact) mass is 200 g/mol. The Morgan fingerprint density at radius 2 is 2.14 bits per heavy atom. The molecule has 1 aliphatic heterocycles. The highest BCUT2D eigenvalue weighted by atomic mass is 16.5. The number of carbonyl (C=O) groups is 1. The highest BCUT2D eigenvalue weighted by Gasteiger charge is 2.24. The van der Waals surface area contributed by atoms with Crippen molar-refractivity contribution in [3.63, 3.8) is 0 Å². The smallest absolute Gasteiger partial charge is 0.239 e. The van der Waals surface area contributed by atoms with E-state index in [2.05, 4.69) is 0 Å². The van der Waals surface area contributed by atoms with Gasteiger partial charge in [-0.1, -0.05) is 6.92 Å². The summed E-state index contributed by atoms with van der Waals surface area (Å²) in [5, 5.41) is 0. The van der Waals surface area contributed by atoms with Crippen LogP contribution in [-0.2, 0) is 9.53 Å². The molecule has 0 bridgehead atoms. The summed E-state index contributed by atoms with van der Waals surface area (Å²) in [4.78, 5) is 13.5. The molecule has 1 aliphatic rings. The summed E-state index contributed by atoms with van der Waals surface area (Å²) in [6.07, 6.45) is 2.56. The average Bonchev–Trinajstić information content (AvgIpc) is 2.27. The predicted molar refractivity (Wildman–Crippen MR) is 54.9 cm³/mol. The highest BCUT2D eigenvalue weighted by Crippen LogP contribution is 2.13. The maximum Gasteiger partial charge on any atom is 0.239 e. The lowest BCUT2D eigenvalue weighted by Crippen LogP contribution is -2.47. The van der Waals surface area contributed by atoms with Crippen LogP contribution in [0, 0.1) is 0 Å². The van der Waals surface area contributed by atoms with Gasteiger partial charge in [0.1, 0.15) is 0 Å². The predicted octanol–water partition coefficient (Wildman–Crippen LogP) is 0.361. The molecule has 1 saturated heterocycles. The quantitative estimate of drug-likeness (QED) is 0.715. The van der Waals surface area contributed by atoms with Crippen LogP contribution in [0.15, 0.2) is 0 Å². The zero-order chi connectivity index (χ0) is 10.6. The van der Waals surface area contributed by atoms with E-state index >= 15 is 0 Å². The Bertz CT molecular complexity index is 191. The zero-order valence-electron chi connectivity index (χ0n) is 9.03. The van der Waals surface area contributed by atoms with Gasteiger partial charge >= 0.3 is 0 Å². The zero-order valence-corrected chi connectivity index (χ0v) is 9.03. The lowest BCUT2D eigenvalue weighted by atomic mass is 10.1. The first-order valence-electron chi connectivity index (χ1n) is 5.26. The number of likely N-dealkylation sites (N-methyl/N-ethyl adjacent to an activating group) is 1. The maximum absolute atomic E-state index is 11.7. The molecule has 4 nitrogen and oxygen atoms in total. The summed E-state index contributed by atoms with van der Waals surface area (Å²) in [5.74, 6) is 0.0550. The van der Waals surface area contributed by atoms with E-state index in [0.29, 0.717) is 12.5 Å². The van der Waals surface area contributed by atoms with Crippen molar-refractivity contribution in [3.05, 3.63) is 0 Å². The number of hydrogen-bond acceptors (Lipinski definition) is 3. The Hall–Kier alpha value is -0.610. The van der Waals surface area contributed by atoms with Gasteiger partial charge in [0.25, 0.3) is 0 Å². The molecule has 1 unspecified atom stereocenters. The van der Waals surface area contributed by atoms with Crippen molar-refractivity contribution in [2.24, 2.45) is 5.73 Å². The minimum Gasteiger partial charge on any atom is -0.381 e. The number of rotatable bonds is 3. The van der Waals surface area contributed by atoms with E-state index in [1.54, 1.807) is 4.90 Å². The van der Waals surface area contributed by atoms with Gasteiger partial charge in [0.15, 0.2) is 0 Å². The van der Waals surface area contributed by atoms with Crippen molar-refractivity contribution in [1.82, 2.24) is 4.90 Å². The van der Waals surface area contributed by atoms with E-state index in [0.717, 1.165) is 26.1 Å². The molecule has 0 aliphatic carbocycles. The van der Waals surface area contributed by atoms with Gasteiger partial charge in [-0.05, 0) is 19.3 Å². The topological polar surface area (TPSA) is 55.6 Å². The fourth-order valence-electron chi connectivity index (χ4n) is 1.69. The standard InChI is InChI=1S/C10H20N2O2/c1-3-9(11)10(13)12(2)8-4-6-14-7-5-8/h8-9H,3-7,11H2,1-2H3. The van der Waals surface area contributed by atoms with Crippen LogP contribution in [-0.4, -0.2) is 43.2 Å². The summed E-state index contributed by atoms with van der Waals surface area (Å²) in [5.41, 5.74) is 5.70. The molecule has 0 aromatic carbocycles. The number of nitrogens with zero attached hydrogens (tertiary/aromatic N) is 1. The van der Waals surface area contributed by atoms with Gasteiger partial charge < -0.3 is 15.4 Å². The Morgan fingerprint density at radius 3 is 2.64 bits per heavy atom. The first kappa shape index (κ1) is 11.5. The number of carbonyl (C=O) groups excluding carboxylic acids is 1. The molecule has 1 amide bonds. The first-order valence-corrected chi connectivity index (χ1v) is 5.26. The van der Waals surface area contributed by atoms with Crippen LogP contribution in [0.25, 0.3) is 0 Å². The van der Waals surface area contributed by atoms with Gasteiger partial charge in [-0.2, -0.15) is 0 Å². The molecular formula is C10H20N2O2. The minimum absolute atomic E-state index is 0.0550. The van der Waals surface area contributed by atoms with Crippen molar-refractivity contribution < 1.29 is 9.53 Å². The normalized spacial score (nSPS) is 20.5. The van der Waals surface area contributed by atoms with Crippen molar-refractivity contribution in [2.75, 3.05) is 20.3 Å². The van der Waals surface area contributed by atoms with Gasteiger partial charge in [0.05, 0.1) is 6.04 Å². The number of nitrogens with two attached hydrogens (primary N) is 1. The molecule has 1 fully saturated rings. The maximum atomic E-state index is 11.7. The van der Waals surface area contributed by atoms with E-state index < -0.39 is 0 Å². The van der Waals surface area contributed by atoms with Gasteiger partial charge in [-0.3, -0.25) is 4.79 Å². The van der Waals surface area contributed by atoms with E-state index in [9.17, 15) is 4.79 Å². The average molecular weight is 200 g/mol. The number of ether oxygens (including phenoxy) is 1. The molecule has 0 saturated carbocycles. The summed E-state index contributed by atoms with van der Waals surface area (Å²) in [6, 6.07) is -0.0308. The van der Waals surface area contributed by atoms with E-state index in [1.165, 1.54) is 0 Å². The second-order valence-corrected chi connectivity index (χ2v) is 3.81. The van der Waals surface area contributed by atoms with E-state index in [-0.39, 0.29) is 11.9 Å².